The number of carbonyl (C=O) groups is 1. The number of ether oxygens (including phenoxy) is 2. The van der Waals surface area contributed by atoms with E-state index in [1.54, 1.807) is 62.3 Å². The molecule has 1 aliphatic heterocycles. The number of halogens is 3. The summed E-state index contributed by atoms with van der Waals surface area (Å²) in [4.78, 5) is 16.4. The van der Waals surface area contributed by atoms with E-state index in [9.17, 15) is 13.6 Å². The molecule has 1 N–H and O–H groups in total. The van der Waals surface area contributed by atoms with Crippen LogP contribution < -0.4 is 19.7 Å². The summed E-state index contributed by atoms with van der Waals surface area (Å²) >= 11 is 11.6. The Hall–Kier alpha value is -2.91. The van der Waals surface area contributed by atoms with Crippen molar-refractivity contribution in [3.8, 4) is 11.5 Å². The second-order valence-electron chi connectivity index (χ2n) is 7.18. The minimum Gasteiger partial charge on any atom is -0.493 e. The molecule has 3 rings (SSSR count). The first-order chi connectivity index (χ1) is 15.1. The van der Waals surface area contributed by atoms with Crippen molar-refractivity contribution in [2.45, 2.75) is 19.6 Å². The van der Waals surface area contributed by atoms with Crippen LogP contribution >= 0.6 is 23.8 Å². The Morgan fingerprint density at radius 2 is 1.84 bits per heavy atom. The molecule has 1 heterocycles. The molecule has 0 radical (unpaired) electrons. The van der Waals surface area contributed by atoms with Gasteiger partial charge in [0.25, 0.3) is 5.91 Å². The van der Waals surface area contributed by atoms with Gasteiger partial charge in [0.1, 0.15) is 0 Å². The lowest BCUT2D eigenvalue weighted by Gasteiger charge is -2.38. The zero-order chi connectivity index (χ0) is 23.6. The largest absolute Gasteiger partial charge is 0.493 e. The van der Waals surface area contributed by atoms with E-state index in [-0.39, 0.29) is 17.4 Å². The predicted octanol–water partition coefficient (Wildman–Crippen LogP) is 4.75. The molecule has 0 bridgehead atoms. The molecule has 170 valence electrons. The fourth-order valence-electron chi connectivity index (χ4n) is 3.47. The minimum absolute atomic E-state index is 0.103. The van der Waals surface area contributed by atoms with Crippen LogP contribution in [0.2, 0.25) is 5.02 Å². The summed E-state index contributed by atoms with van der Waals surface area (Å²) in [5.41, 5.74) is 2.42. The summed E-state index contributed by atoms with van der Waals surface area (Å²) in [5.74, 6) is -0.216. The Morgan fingerprint density at radius 3 is 2.41 bits per heavy atom. The van der Waals surface area contributed by atoms with Gasteiger partial charge in [-0.15, -0.1) is 0 Å². The minimum atomic E-state index is -2.99. The summed E-state index contributed by atoms with van der Waals surface area (Å²) in [6.07, 6.45) is 0. The van der Waals surface area contributed by atoms with Crippen LogP contribution in [0.1, 0.15) is 18.5 Å². The number of rotatable bonds is 6. The highest BCUT2D eigenvalue weighted by Crippen LogP contribution is 2.38. The quantitative estimate of drug-likeness (QED) is 0.601. The van der Waals surface area contributed by atoms with Gasteiger partial charge >= 0.3 is 6.61 Å². The van der Waals surface area contributed by atoms with E-state index in [0.717, 1.165) is 5.69 Å². The van der Waals surface area contributed by atoms with Gasteiger partial charge in [-0.05, 0) is 61.1 Å². The van der Waals surface area contributed by atoms with Gasteiger partial charge in [0, 0.05) is 30.5 Å². The molecule has 1 atom stereocenters. The van der Waals surface area contributed by atoms with Gasteiger partial charge < -0.3 is 19.7 Å². The molecule has 2 aromatic carbocycles. The molecule has 0 saturated heterocycles. The number of carbonyl (C=O) groups excluding carboxylic acids is 1. The number of alkyl halides is 2. The van der Waals surface area contributed by atoms with Gasteiger partial charge in [0.15, 0.2) is 16.6 Å². The van der Waals surface area contributed by atoms with Crippen LogP contribution in [0.15, 0.2) is 53.7 Å². The lowest BCUT2D eigenvalue weighted by Crippen LogP contribution is -2.49. The highest BCUT2D eigenvalue weighted by molar-refractivity contribution is 7.80. The third kappa shape index (κ3) is 4.78. The molecule has 0 aromatic heterocycles. The van der Waals surface area contributed by atoms with Crippen LogP contribution in [0.25, 0.3) is 0 Å². The lowest BCUT2D eigenvalue weighted by molar-refractivity contribution is -0.125. The average Bonchev–Trinajstić information content (AvgIpc) is 2.74. The molecule has 1 amide bonds. The molecule has 1 unspecified atom stereocenters. The molecule has 6 nitrogen and oxygen atoms in total. The van der Waals surface area contributed by atoms with Gasteiger partial charge in [-0.1, -0.05) is 17.7 Å². The van der Waals surface area contributed by atoms with Crippen molar-refractivity contribution in [2.75, 3.05) is 26.1 Å². The van der Waals surface area contributed by atoms with Crippen molar-refractivity contribution in [3.05, 3.63) is 64.3 Å². The van der Waals surface area contributed by atoms with Crippen LogP contribution in [-0.4, -0.2) is 43.7 Å². The van der Waals surface area contributed by atoms with Gasteiger partial charge in [0.05, 0.1) is 18.7 Å². The summed E-state index contributed by atoms with van der Waals surface area (Å²) < 4.78 is 35.1. The first-order valence-electron chi connectivity index (χ1n) is 9.55. The van der Waals surface area contributed by atoms with Gasteiger partial charge in [-0.2, -0.15) is 8.78 Å². The molecule has 10 heteroatoms. The Bertz CT molecular complexity index is 1060. The first kappa shape index (κ1) is 23.7. The summed E-state index contributed by atoms with van der Waals surface area (Å²) in [6.45, 7) is -1.19. The maximum Gasteiger partial charge on any atom is 0.387 e. The van der Waals surface area contributed by atoms with Gasteiger partial charge in [0.2, 0.25) is 0 Å². The number of likely N-dealkylation sites (N-methyl/N-ethyl adjacent to an activating group) is 1. The summed E-state index contributed by atoms with van der Waals surface area (Å²) in [5, 5.41) is 4.15. The molecule has 0 spiro atoms. The third-order valence-corrected chi connectivity index (χ3v) is 5.50. The summed E-state index contributed by atoms with van der Waals surface area (Å²) in [6, 6.07) is 11.0. The average molecular weight is 482 g/mol. The molecular weight excluding hydrogens is 460 g/mol. The fourth-order valence-corrected chi connectivity index (χ4v) is 3.96. The zero-order valence-corrected chi connectivity index (χ0v) is 19.4. The second-order valence-corrected chi connectivity index (χ2v) is 8.00. The molecule has 2 aromatic rings. The van der Waals surface area contributed by atoms with Crippen molar-refractivity contribution in [1.29, 1.82) is 0 Å². The monoisotopic (exact) mass is 481 g/mol. The number of hydrogen-bond donors (Lipinski definition) is 1. The van der Waals surface area contributed by atoms with E-state index >= 15 is 0 Å². The van der Waals surface area contributed by atoms with Crippen LogP contribution in [-0.2, 0) is 4.79 Å². The smallest absolute Gasteiger partial charge is 0.387 e. The Kier molecular flexibility index (Phi) is 7.20. The van der Waals surface area contributed by atoms with E-state index < -0.39 is 12.7 Å². The maximum absolute atomic E-state index is 13.2. The normalized spacial score (nSPS) is 16.2. The van der Waals surface area contributed by atoms with Crippen LogP contribution in [0, 0.1) is 0 Å². The molecule has 0 saturated carbocycles. The number of amides is 1. The lowest BCUT2D eigenvalue weighted by atomic mass is 9.93. The highest BCUT2D eigenvalue weighted by Gasteiger charge is 2.35. The van der Waals surface area contributed by atoms with Crippen LogP contribution in [0.5, 0.6) is 11.5 Å². The number of hydrogen-bond acceptors (Lipinski definition) is 4. The van der Waals surface area contributed by atoms with Crippen molar-refractivity contribution >= 4 is 40.5 Å². The number of nitrogens with zero attached hydrogens (tertiary/aromatic N) is 2. The molecule has 1 aliphatic rings. The molecule has 0 aliphatic carbocycles. The Balaban J connectivity index is 2.12. The fraction of sp³-hybridized carbons (Fsp3) is 0.273. The number of allylic oxidation sites excluding steroid dienone is 1. The van der Waals surface area contributed by atoms with Crippen LogP contribution in [0.3, 0.4) is 0 Å². The predicted molar refractivity (Wildman–Crippen MR) is 123 cm³/mol. The van der Waals surface area contributed by atoms with Gasteiger partial charge in [-0.3, -0.25) is 9.69 Å². The van der Waals surface area contributed by atoms with E-state index in [4.69, 9.17) is 28.6 Å². The zero-order valence-electron chi connectivity index (χ0n) is 17.9. The Labute approximate surface area is 195 Å². The number of methoxy groups -OCH3 is 1. The van der Waals surface area contributed by atoms with E-state index in [1.807, 2.05) is 0 Å². The number of thiocarbonyl (C=S) groups is 1. The highest BCUT2D eigenvalue weighted by atomic mass is 35.5. The molecule has 32 heavy (non-hydrogen) atoms. The molecular formula is C22H22ClF2N3O3S. The van der Waals surface area contributed by atoms with Crippen LogP contribution in [0.4, 0.5) is 14.5 Å². The number of benzene rings is 2. The molecule has 0 fully saturated rings. The van der Waals surface area contributed by atoms with Crippen molar-refractivity contribution in [2.24, 2.45) is 0 Å². The second kappa shape index (κ2) is 9.70. The topological polar surface area (TPSA) is 54.0 Å². The van der Waals surface area contributed by atoms with Crippen molar-refractivity contribution < 1.29 is 23.0 Å². The SMILES string of the molecule is COc1cc(C2NC(=S)N(c3ccc(Cl)cc3)C(C)=C2C(=O)N(C)C)ccc1OC(F)F. The standard InChI is InChI=1S/C22H22ClF2N3O3S/c1-12-18(20(29)27(2)3)19(13-5-10-16(31-21(24)25)17(11-13)30-4)26-22(32)28(12)15-8-6-14(23)7-9-15/h5-11,19,21H,1-4H3,(H,26,32). The first-order valence-corrected chi connectivity index (χ1v) is 10.3. The van der Waals surface area contributed by atoms with E-state index in [2.05, 4.69) is 10.1 Å². The van der Waals surface area contributed by atoms with E-state index in [1.165, 1.54) is 18.1 Å². The number of nitrogens with one attached hydrogen (secondary N) is 1. The van der Waals surface area contributed by atoms with Crippen molar-refractivity contribution in [1.82, 2.24) is 10.2 Å². The van der Waals surface area contributed by atoms with E-state index in [0.29, 0.717) is 27.0 Å². The third-order valence-electron chi connectivity index (χ3n) is 4.94. The van der Waals surface area contributed by atoms with Gasteiger partial charge in [-0.25, -0.2) is 0 Å². The van der Waals surface area contributed by atoms with Crippen molar-refractivity contribution in [3.63, 3.8) is 0 Å². The Morgan fingerprint density at radius 1 is 1.19 bits per heavy atom. The summed E-state index contributed by atoms with van der Waals surface area (Å²) in [7, 11) is 4.66. The maximum atomic E-state index is 13.2. The number of anilines is 1.